The van der Waals surface area contributed by atoms with Crippen molar-refractivity contribution in [2.24, 2.45) is 5.92 Å². The first-order valence-electron chi connectivity index (χ1n) is 8.25. The van der Waals surface area contributed by atoms with E-state index in [-0.39, 0.29) is 0 Å². The molecular weight excluding hydrogens is 260 g/mol. The Morgan fingerprint density at radius 3 is 2.67 bits per heavy atom. The first-order chi connectivity index (χ1) is 10.2. The van der Waals surface area contributed by atoms with Gasteiger partial charge < -0.3 is 10.1 Å². The summed E-state index contributed by atoms with van der Waals surface area (Å²) in [6, 6.07) is 6.92. The standard InChI is InChI=1S/C18H30N2O/c1-5-19-13-16-8-10-20(11-9-16)15(3)17-12-14(2)6-7-18(17)21-4/h6-7,12,15-16,19H,5,8-11,13H2,1-4H3. The maximum Gasteiger partial charge on any atom is 0.123 e. The second kappa shape index (κ2) is 7.81. The average Bonchev–Trinajstić information content (AvgIpc) is 2.52. The van der Waals surface area contributed by atoms with Crippen LogP contribution in [-0.4, -0.2) is 38.2 Å². The summed E-state index contributed by atoms with van der Waals surface area (Å²) in [7, 11) is 1.77. The van der Waals surface area contributed by atoms with Gasteiger partial charge in [-0.25, -0.2) is 0 Å². The van der Waals surface area contributed by atoms with Gasteiger partial charge in [-0.2, -0.15) is 0 Å². The highest BCUT2D eigenvalue weighted by Gasteiger charge is 2.24. The number of aryl methyl sites for hydroxylation is 1. The van der Waals surface area contributed by atoms with Crippen molar-refractivity contribution in [2.45, 2.75) is 39.7 Å². The van der Waals surface area contributed by atoms with Gasteiger partial charge in [-0.3, -0.25) is 4.90 Å². The normalized spacial score (nSPS) is 18.7. The molecule has 0 spiro atoms. The number of hydrogen-bond acceptors (Lipinski definition) is 3. The highest BCUT2D eigenvalue weighted by atomic mass is 16.5. The number of benzene rings is 1. The van der Waals surface area contributed by atoms with Crippen LogP contribution in [0, 0.1) is 12.8 Å². The number of piperidine rings is 1. The summed E-state index contributed by atoms with van der Waals surface area (Å²) in [5.74, 6) is 1.86. The van der Waals surface area contributed by atoms with E-state index < -0.39 is 0 Å². The number of rotatable bonds is 6. The predicted octanol–water partition coefficient (Wildman–Crippen LogP) is 3.39. The lowest BCUT2D eigenvalue weighted by atomic mass is 9.94. The first-order valence-corrected chi connectivity index (χ1v) is 8.25. The molecule has 21 heavy (non-hydrogen) atoms. The molecule has 0 radical (unpaired) electrons. The van der Waals surface area contributed by atoms with E-state index in [1.165, 1.54) is 43.6 Å². The van der Waals surface area contributed by atoms with E-state index in [0.29, 0.717) is 6.04 Å². The Hall–Kier alpha value is -1.06. The molecule has 1 heterocycles. The van der Waals surface area contributed by atoms with Gasteiger partial charge in [0.25, 0.3) is 0 Å². The average molecular weight is 290 g/mol. The van der Waals surface area contributed by atoms with Crippen LogP contribution in [0.25, 0.3) is 0 Å². The summed E-state index contributed by atoms with van der Waals surface area (Å²) < 4.78 is 5.55. The van der Waals surface area contributed by atoms with Gasteiger partial charge in [0.05, 0.1) is 7.11 Å². The van der Waals surface area contributed by atoms with Gasteiger partial charge in [0.2, 0.25) is 0 Å². The summed E-state index contributed by atoms with van der Waals surface area (Å²) in [6.45, 7) is 11.3. The van der Waals surface area contributed by atoms with Gasteiger partial charge in [0.1, 0.15) is 5.75 Å². The smallest absolute Gasteiger partial charge is 0.123 e. The molecule has 2 rings (SSSR count). The van der Waals surface area contributed by atoms with Crippen molar-refractivity contribution in [3.63, 3.8) is 0 Å². The topological polar surface area (TPSA) is 24.5 Å². The Bertz CT molecular complexity index is 439. The Morgan fingerprint density at radius 2 is 2.05 bits per heavy atom. The zero-order valence-corrected chi connectivity index (χ0v) is 14.0. The van der Waals surface area contributed by atoms with Crippen molar-refractivity contribution in [1.82, 2.24) is 10.2 Å². The molecule has 1 aliphatic rings. The van der Waals surface area contributed by atoms with Crippen molar-refractivity contribution >= 4 is 0 Å². The summed E-state index contributed by atoms with van der Waals surface area (Å²) in [5.41, 5.74) is 2.63. The van der Waals surface area contributed by atoms with Crippen LogP contribution in [0.4, 0.5) is 0 Å². The van der Waals surface area contributed by atoms with Crippen LogP contribution in [0.3, 0.4) is 0 Å². The molecule has 0 amide bonds. The van der Waals surface area contributed by atoms with Gasteiger partial charge in [-0.05, 0) is 64.9 Å². The number of methoxy groups -OCH3 is 1. The van der Waals surface area contributed by atoms with Gasteiger partial charge in [-0.1, -0.05) is 24.6 Å². The molecule has 3 heteroatoms. The van der Waals surface area contributed by atoms with Crippen LogP contribution in [0.2, 0.25) is 0 Å². The Morgan fingerprint density at radius 1 is 1.33 bits per heavy atom. The predicted molar refractivity (Wildman–Crippen MR) is 89.0 cm³/mol. The molecule has 0 aliphatic carbocycles. The van der Waals surface area contributed by atoms with Crippen molar-refractivity contribution < 1.29 is 4.74 Å². The maximum absolute atomic E-state index is 5.55. The van der Waals surface area contributed by atoms with E-state index in [1.807, 2.05) is 0 Å². The summed E-state index contributed by atoms with van der Waals surface area (Å²) in [4.78, 5) is 2.60. The van der Waals surface area contributed by atoms with E-state index in [1.54, 1.807) is 7.11 Å². The summed E-state index contributed by atoms with van der Waals surface area (Å²) in [6.07, 6.45) is 2.59. The molecule has 118 valence electrons. The van der Waals surface area contributed by atoms with Gasteiger partial charge in [0.15, 0.2) is 0 Å². The van der Waals surface area contributed by atoms with Crippen molar-refractivity contribution in [2.75, 3.05) is 33.3 Å². The van der Waals surface area contributed by atoms with Crippen molar-refractivity contribution in [3.05, 3.63) is 29.3 Å². The molecular formula is C18H30N2O. The third-order valence-corrected chi connectivity index (χ3v) is 4.72. The molecule has 1 fully saturated rings. The van der Waals surface area contributed by atoms with Crippen LogP contribution in [0.5, 0.6) is 5.75 Å². The van der Waals surface area contributed by atoms with Crippen LogP contribution in [0.1, 0.15) is 43.9 Å². The SMILES string of the molecule is CCNCC1CCN(C(C)c2cc(C)ccc2OC)CC1. The fourth-order valence-corrected chi connectivity index (χ4v) is 3.27. The number of nitrogens with one attached hydrogen (secondary N) is 1. The summed E-state index contributed by atoms with van der Waals surface area (Å²) >= 11 is 0. The lowest BCUT2D eigenvalue weighted by Gasteiger charge is -2.36. The molecule has 0 aromatic heterocycles. The molecule has 0 saturated carbocycles. The fraction of sp³-hybridized carbons (Fsp3) is 0.667. The zero-order valence-electron chi connectivity index (χ0n) is 14.0. The molecule has 1 unspecified atom stereocenters. The molecule has 1 saturated heterocycles. The van der Waals surface area contributed by atoms with Crippen molar-refractivity contribution in [3.8, 4) is 5.75 Å². The van der Waals surface area contributed by atoms with Crippen LogP contribution < -0.4 is 10.1 Å². The lowest BCUT2D eigenvalue weighted by Crippen LogP contribution is -2.38. The fourth-order valence-electron chi connectivity index (χ4n) is 3.27. The van der Waals surface area contributed by atoms with Crippen LogP contribution in [0.15, 0.2) is 18.2 Å². The van der Waals surface area contributed by atoms with E-state index in [2.05, 4.69) is 49.2 Å². The van der Waals surface area contributed by atoms with Gasteiger partial charge in [0, 0.05) is 11.6 Å². The molecule has 1 aromatic rings. The molecule has 1 atom stereocenters. The monoisotopic (exact) mass is 290 g/mol. The van der Waals surface area contributed by atoms with Crippen molar-refractivity contribution in [1.29, 1.82) is 0 Å². The highest BCUT2D eigenvalue weighted by molar-refractivity contribution is 5.39. The second-order valence-corrected chi connectivity index (χ2v) is 6.21. The lowest BCUT2D eigenvalue weighted by molar-refractivity contribution is 0.138. The van der Waals surface area contributed by atoms with Gasteiger partial charge >= 0.3 is 0 Å². The Labute approximate surface area is 129 Å². The van der Waals surface area contributed by atoms with Crippen LogP contribution >= 0.6 is 0 Å². The number of likely N-dealkylation sites (tertiary alicyclic amines) is 1. The molecule has 0 bridgehead atoms. The summed E-state index contributed by atoms with van der Waals surface area (Å²) in [5, 5.41) is 3.48. The Balaban J connectivity index is 1.98. The zero-order chi connectivity index (χ0) is 15.2. The number of hydrogen-bond donors (Lipinski definition) is 1. The van der Waals surface area contributed by atoms with E-state index in [9.17, 15) is 0 Å². The number of ether oxygens (including phenoxy) is 1. The Kier molecular flexibility index (Phi) is 6.07. The minimum Gasteiger partial charge on any atom is -0.496 e. The highest BCUT2D eigenvalue weighted by Crippen LogP contribution is 2.32. The third kappa shape index (κ3) is 4.21. The van der Waals surface area contributed by atoms with E-state index in [0.717, 1.165) is 18.2 Å². The second-order valence-electron chi connectivity index (χ2n) is 6.21. The third-order valence-electron chi connectivity index (χ3n) is 4.72. The maximum atomic E-state index is 5.55. The minimum atomic E-state index is 0.430. The van der Waals surface area contributed by atoms with E-state index >= 15 is 0 Å². The first kappa shape index (κ1) is 16.3. The largest absolute Gasteiger partial charge is 0.496 e. The van der Waals surface area contributed by atoms with Crippen LogP contribution in [-0.2, 0) is 0 Å². The number of nitrogens with zero attached hydrogens (tertiary/aromatic N) is 1. The molecule has 1 aliphatic heterocycles. The quantitative estimate of drug-likeness (QED) is 0.869. The minimum absolute atomic E-state index is 0.430. The molecule has 1 N–H and O–H groups in total. The molecule has 1 aromatic carbocycles. The van der Waals surface area contributed by atoms with E-state index in [4.69, 9.17) is 4.74 Å². The van der Waals surface area contributed by atoms with Gasteiger partial charge in [-0.15, -0.1) is 0 Å². The molecule has 3 nitrogen and oxygen atoms in total.